The maximum Gasteiger partial charge on any atom is 0.276 e. The first kappa shape index (κ1) is 17.3. The van der Waals surface area contributed by atoms with Gasteiger partial charge in [0.05, 0.1) is 17.1 Å². The minimum Gasteiger partial charge on any atom is -0.371 e. The average Bonchev–Trinajstić information content (AvgIpc) is 3.10. The molecule has 4 heterocycles. The molecule has 1 aliphatic heterocycles. The number of hydrogen-bond donors (Lipinski definition) is 0. The van der Waals surface area contributed by atoms with E-state index in [1.165, 1.54) is 10.7 Å². The highest BCUT2D eigenvalue weighted by atomic mass is 19.1. The summed E-state index contributed by atoms with van der Waals surface area (Å²) in [7, 11) is 0. The zero-order valence-electron chi connectivity index (χ0n) is 15.8. The molecule has 30 heavy (non-hydrogen) atoms. The third-order valence-corrected chi connectivity index (χ3v) is 6.06. The Bertz CT molecular complexity index is 1310. The number of rotatable bonds is 4. The molecule has 0 spiro atoms. The van der Waals surface area contributed by atoms with Crippen LogP contribution in [0.5, 0.6) is 0 Å². The molecule has 1 saturated carbocycles. The van der Waals surface area contributed by atoms with Crippen molar-refractivity contribution in [3.63, 3.8) is 0 Å². The van der Waals surface area contributed by atoms with Crippen LogP contribution in [0.25, 0.3) is 10.9 Å². The number of pyridine rings is 1. The van der Waals surface area contributed by atoms with Crippen LogP contribution >= 0.6 is 0 Å². The smallest absolute Gasteiger partial charge is 0.276 e. The first-order valence-corrected chi connectivity index (χ1v) is 9.81. The van der Waals surface area contributed by atoms with Gasteiger partial charge in [0.2, 0.25) is 5.89 Å². The van der Waals surface area contributed by atoms with Gasteiger partial charge in [-0.1, -0.05) is 11.2 Å². The van der Waals surface area contributed by atoms with Crippen LogP contribution in [0.2, 0.25) is 0 Å². The number of hydrogen-bond acceptors (Lipinski definition) is 7. The number of piperidine rings is 1. The predicted molar refractivity (Wildman–Crippen MR) is 106 cm³/mol. The fourth-order valence-electron chi connectivity index (χ4n) is 4.52. The fraction of sp³-hybridized carbons (Fsp3) is 0.286. The van der Waals surface area contributed by atoms with Gasteiger partial charge in [0, 0.05) is 30.9 Å². The summed E-state index contributed by atoms with van der Waals surface area (Å²) in [5.74, 6) is 1.93. The summed E-state index contributed by atoms with van der Waals surface area (Å²) >= 11 is 0. The Kier molecular flexibility index (Phi) is 3.71. The van der Waals surface area contributed by atoms with Crippen molar-refractivity contribution in [2.75, 3.05) is 18.0 Å². The second kappa shape index (κ2) is 6.45. The lowest BCUT2D eigenvalue weighted by Gasteiger charge is -2.21. The molecule has 6 rings (SSSR count). The molecule has 1 aliphatic carbocycles. The molecule has 9 heteroatoms. The Morgan fingerprint density at radius 2 is 2.03 bits per heavy atom. The van der Waals surface area contributed by atoms with Crippen molar-refractivity contribution < 1.29 is 8.91 Å². The number of nitrogens with zero attached hydrogens (tertiary/aromatic N) is 6. The number of aromatic nitrogens is 5. The van der Waals surface area contributed by atoms with E-state index >= 15 is 0 Å². The number of fused-ring (bicyclic) bond motifs is 2. The van der Waals surface area contributed by atoms with Crippen molar-refractivity contribution in [1.29, 1.82) is 0 Å². The molecule has 4 aromatic rings. The standard InChI is InChI=1S/C21H17FN6O2/c22-12-3-1-4-13(7-12)27-9-15-16(10-27)19(15)20-25-18(30-26-20)11-28-21(29)14-5-2-6-23-17(14)8-24-28/h1-8,15-16,19H,9-11H2. The lowest BCUT2D eigenvalue weighted by atomic mass is 10.2. The van der Waals surface area contributed by atoms with Crippen molar-refractivity contribution in [2.24, 2.45) is 11.8 Å². The van der Waals surface area contributed by atoms with Gasteiger partial charge in [0.15, 0.2) is 5.82 Å². The van der Waals surface area contributed by atoms with E-state index < -0.39 is 0 Å². The molecule has 0 radical (unpaired) electrons. The topological polar surface area (TPSA) is 89.9 Å². The highest BCUT2D eigenvalue weighted by molar-refractivity contribution is 5.75. The fourth-order valence-corrected chi connectivity index (χ4v) is 4.52. The zero-order valence-corrected chi connectivity index (χ0v) is 15.8. The van der Waals surface area contributed by atoms with Gasteiger partial charge < -0.3 is 9.42 Å². The molecule has 0 bridgehead atoms. The Morgan fingerprint density at radius 3 is 2.87 bits per heavy atom. The highest BCUT2D eigenvalue weighted by Crippen LogP contribution is 2.57. The van der Waals surface area contributed by atoms with Gasteiger partial charge >= 0.3 is 0 Å². The second-order valence-corrected chi connectivity index (χ2v) is 7.83. The van der Waals surface area contributed by atoms with Crippen LogP contribution in [-0.2, 0) is 6.54 Å². The van der Waals surface area contributed by atoms with Gasteiger partial charge in [-0.25, -0.2) is 9.07 Å². The van der Waals surface area contributed by atoms with E-state index in [2.05, 4.69) is 25.1 Å². The quantitative estimate of drug-likeness (QED) is 0.515. The predicted octanol–water partition coefficient (Wildman–Crippen LogP) is 2.21. The van der Waals surface area contributed by atoms with Crippen LogP contribution in [0.3, 0.4) is 0 Å². The van der Waals surface area contributed by atoms with E-state index in [-0.39, 0.29) is 23.8 Å². The molecular weight excluding hydrogens is 387 g/mol. The molecule has 3 aromatic heterocycles. The maximum atomic E-state index is 13.5. The molecule has 2 fully saturated rings. The number of anilines is 1. The number of halogens is 1. The van der Waals surface area contributed by atoms with E-state index in [0.717, 1.165) is 18.8 Å². The summed E-state index contributed by atoms with van der Waals surface area (Å²) in [6.45, 7) is 1.82. The largest absolute Gasteiger partial charge is 0.371 e. The Morgan fingerprint density at radius 1 is 1.17 bits per heavy atom. The van der Waals surface area contributed by atoms with Crippen molar-refractivity contribution in [1.82, 2.24) is 24.9 Å². The van der Waals surface area contributed by atoms with Crippen molar-refractivity contribution in [3.8, 4) is 0 Å². The molecule has 2 aliphatic rings. The van der Waals surface area contributed by atoms with Crippen LogP contribution in [0, 0.1) is 17.7 Å². The Hall–Kier alpha value is -3.62. The van der Waals surface area contributed by atoms with Gasteiger partial charge in [0.25, 0.3) is 5.56 Å². The summed E-state index contributed by atoms with van der Waals surface area (Å²) in [6, 6.07) is 10.1. The molecule has 1 saturated heterocycles. The van der Waals surface area contributed by atoms with Crippen LogP contribution in [0.15, 0.2) is 58.1 Å². The summed E-state index contributed by atoms with van der Waals surface area (Å²) in [4.78, 5) is 23.4. The van der Waals surface area contributed by atoms with E-state index in [1.54, 1.807) is 36.7 Å². The molecule has 1 aromatic carbocycles. The Balaban J connectivity index is 1.16. The summed E-state index contributed by atoms with van der Waals surface area (Å²) in [5.41, 5.74) is 1.22. The summed E-state index contributed by atoms with van der Waals surface area (Å²) in [6.07, 6.45) is 3.18. The van der Waals surface area contributed by atoms with Crippen LogP contribution in [0.1, 0.15) is 17.6 Å². The molecule has 150 valence electrons. The minimum atomic E-state index is -0.241. The van der Waals surface area contributed by atoms with Crippen molar-refractivity contribution in [2.45, 2.75) is 12.5 Å². The SMILES string of the molecule is O=c1c2cccnc2cnn1Cc1nc(C2C3CN(c4cccc(F)c4)CC32)no1. The minimum absolute atomic E-state index is 0.119. The van der Waals surface area contributed by atoms with Crippen molar-refractivity contribution in [3.05, 3.63) is 76.7 Å². The average molecular weight is 404 g/mol. The molecule has 2 atom stereocenters. The normalized spacial score (nSPS) is 22.4. The molecule has 0 amide bonds. The van der Waals surface area contributed by atoms with E-state index in [4.69, 9.17) is 4.52 Å². The van der Waals surface area contributed by atoms with E-state index in [0.29, 0.717) is 34.5 Å². The molecular formula is C21H17FN6O2. The first-order chi connectivity index (χ1) is 14.7. The molecule has 0 N–H and O–H groups in total. The third-order valence-electron chi connectivity index (χ3n) is 6.06. The zero-order chi connectivity index (χ0) is 20.2. The van der Waals surface area contributed by atoms with Gasteiger partial charge in [-0.3, -0.25) is 9.78 Å². The van der Waals surface area contributed by atoms with Gasteiger partial charge in [-0.2, -0.15) is 10.1 Å². The monoisotopic (exact) mass is 404 g/mol. The van der Waals surface area contributed by atoms with Gasteiger partial charge in [-0.05, 0) is 42.2 Å². The lowest BCUT2D eigenvalue weighted by molar-refractivity contribution is 0.358. The molecule has 2 unspecified atom stereocenters. The van der Waals surface area contributed by atoms with E-state index in [1.807, 2.05) is 6.07 Å². The van der Waals surface area contributed by atoms with Crippen molar-refractivity contribution >= 4 is 16.6 Å². The summed E-state index contributed by atoms with van der Waals surface area (Å²) < 4.78 is 20.2. The van der Waals surface area contributed by atoms with Crippen LogP contribution in [0.4, 0.5) is 10.1 Å². The third kappa shape index (κ3) is 2.77. The van der Waals surface area contributed by atoms with Crippen LogP contribution < -0.4 is 10.5 Å². The summed E-state index contributed by atoms with van der Waals surface area (Å²) in [5, 5.41) is 8.80. The van der Waals surface area contributed by atoms with Gasteiger partial charge in [0.1, 0.15) is 12.4 Å². The highest BCUT2D eigenvalue weighted by Gasteiger charge is 2.58. The molecule has 8 nitrogen and oxygen atoms in total. The number of benzene rings is 1. The van der Waals surface area contributed by atoms with Crippen LogP contribution in [-0.4, -0.2) is 38.0 Å². The lowest BCUT2D eigenvalue weighted by Crippen LogP contribution is -2.24. The van der Waals surface area contributed by atoms with E-state index in [9.17, 15) is 9.18 Å². The maximum absolute atomic E-state index is 13.5. The van der Waals surface area contributed by atoms with Gasteiger partial charge in [-0.15, -0.1) is 0 Å². The second-order valence-electron chi connectivity index (χ2n) is 7.83. The first-order valence-electron chi connectivity index (χ1n) is 9.81. The Labute approximate surface area is 170 Å².